The van der Waals surface area contributed by atoms with Gasteiger partial charge in [0, 0.05) is 18.5 Å². The number of amides is 1. The van der Waals surface area contributed by atoms with Gasteiger partial charge in [-0.2, -0.15) is 0 Å². The highest BCUT2D eigenvalue weighted by molar-refractivity contribution is 7.07. The first-order chi connectivity index (χ1) is 14.3. The summed E-state index contributed by atoms with van der Waals surface area (Å²) in [5.74, 6) is -1.53. The van der Waals surface area contributed by atoms with Gasteiger partial charge in [0.05, 0.1) is 5.69 Å². The number of nitrogens with one attached hydrogen (secondary N) is 1. The van der Waals surface area contributed by atoms with Gasteiger partial charge in [0.2, 0.25) is 0 Å². The lowest BCUT2D eigenvalue weighted by molar-refractivity contribution is -0.274. The van der Waals surface area contributed by atoms with Crippen LogP contribution in [0.2, 0.25) is 0 Å². The summed E-state index contributed by atoms with van der Waals surface area (Å²) in [6.45, 7) is 5.71. The van der Waals surface area contributed by atoms with E-state index in [2.05, 4.69) is 15.0 Å². The van der Waals surface area contributed by atoms with Crippen molar-refractivity contribution in [3.8, 4) is 5.75 Å². The maximum absolute atomic E-state index is 12.3. The quantitative estimate of drug-likeness (QED) is 0.599. The summed E-state index contributed by atoms with van der Waals surface area (Å²) in [7, 11) is 0. The zero-order valence-electron chi connectivity index (χ0n) is 17.0. The van der Waals surface area contributed by atoms with Crippen LogP contribution < -0.4 is 14.9 Å². The molecule has 1 aromatic carbocycles. The molecule has 0 saturated carbocycles. The van der Waals surface area contributed by atoms with E-state index in [1.54, 1.807) is 20.8 Å². The number of carboxylic acid groups (broad SMARTS) is 1. The molecule has 0 spiro atoms. The third kappa shape index (κ3) is 8.32. The van der Waals surface area contributed by atoms with Gasteiger partial charge >= 0.3 is 18.4 Å². The molecular formula is C19H22F3N3O5S. The molecule has 2 N–H and O–H groups in total. The summed E-state index contributed by atoms with van der Waals surface area (Å²) < 4.78 is 47.2. The van der Waals surface area contributed by atoms with Crippen molar-refractivity contribution in [2.75, 3.05) is 6.54 Å². The number of halogens is 3. The maximum atomic E-state index is 12.3. The predicted octanol–water partition coefficient (Wildman–Crippen LogP) is 4.29. The van der Waals surface area contributed by atoms with Gasteiger partial charge in [0.25, 0.3) is 0 Å². The van der Waals surface area contributed by atoms with Gasteiger partial charge in [0.1, 0.15) is 17.0 Å². The van der Waals surface area contributed by atoms with Crippen molar-refractivity contribution < 1.29 is 37.3 Å². The zero-order valence-corrected chi connectivity index (χ0v) is 17.8. The number of benzene rings is 1. The van der Waals surface area contributed by atoms with Crippen LogP contribution in [0.4, 0.5) is 23.7 Å². The summed E-state index contributed by atoms with van der Waals surface area (Å²) in [6.07, 6.45) is -4.96. The molecule has 0 aliphatic rings. The SMILES string of the molecule is CC(C)(C)OC(=O)NCCCn1c(C(=O)O)csc1=Nc1ccc(OC(F)(F)F)cc1. The Kier molecular flexibility index (Phi) is 7.71. The number of thiazole rings is 1. The third-order valence-electron chi connectivity index (χ3n) is 3.54. The van der Waals surface area contributed by atoms with E-state index in [0.717, 1.165) is 23.5 Å². The molecule has 2 aromatic rings. The maximum Gasteiger partial charge on any atom is 0.573 e. The summed E-state index contributed by atoms with van der Waals surface area (Å²) in [5, 5.41) is 13.4. The number of alkyl halides is 3. The second-order valence-electron chi connectivity index (χ2n) is 7.30. The average molecular weight is 461 g/mol. The number of hydrogen-bond donors (Lipinski definition) is 2. The Morgan fingerprint density at radius 1 is 1.19 bits per heavy atom. The number of rotatable bonds is 7. The number of aromatic carboxylic acids is 1. The Labute approximate surface area is 179 Å². The molecule has 0 aliphatic carbocycles. The fourth-order valence-corrected chi connectivity index (χ4v) is 3.30. The molecule has 0 unspecified atom stereocenters. The fourth-order valence-electron chi connectivity index (χ4n) is 2.38. The molecule has 0 aliphatic heterocycles. The Bertz CT molecular complexity index is 975. The van der Waals surface area contributed by atoms with Crippen LogP contribution in [0.1, 0.15) is 37.7 Å². The van der Waals surface area contributed by atoms with Crippen molar-refractivity contribution in [2.24, 2.45) is 4.99 Å². The Morgan fingerprint density at radius 3 is 2.39 bits per heavy atom. The molecule has 0 fully saturated rings. The van der Waals surface area contributed by atoms with Gasteiger partial charge in [-0.15, -0.1) is 24.5 Å². The number of ether oxygens (including phenoxy) is 2. The second kappa shape index (κ2) is 9.86. The largest absolute Gasteiger partial charge is 0.573 e. The number of alkyl carbamates (subject to hydrolysis) is 1. The van der Waals surface area contributed by atoms with Gasteiger partial charge in [-0.05, 0) is 51.5 Å². The van der Waals surface area contributed by atoms with Crippen molar-refractivity contribution in [1.29, 1.82) is 0 Å². The minimum absolute atomic E-state index is 0.0121. The Morgan fingerprint density at radius 2 is 1.84 bits per heavy atom. The molecule has 0 bridgehead atoms. The van der Waals surface area contributed by atoms with Crippen molar-refractivity contribution in [1.82, 2.24) is 9.88 Å². The monoisotopic (exact) mass is 461 g/mol. The molecule has 31 heavy (non-hydrogen) atoms. The van der Waals surface area contributed by atoms with Crippen LogP contribution in [0.15, 0.2) is 34.6 Å². The van der Waals surface area contributed by atoms with Crippen LogP contribution in [-0.2, 0) is 11.3 Å². The number of hydrogen-bond acceptors (Lipinski definition) is 6. The molecule has 1 amide bonds. The van der Waals surface area contributed by atoms with Crippen LogP contribution in [0.3, 0.4) is 0 Å². The number of carbonyl (C=O) groups excluding carboxylic acids is 1. The van der Waals surface area contributed by atoms with Crippen LogP contribution in [0.5, 0.6) is 5.75 Å². The van der Waals surface area contributed by atoms with E-state index in [1.165, 1.54) is 22.1 Å². The summed E-state index contributed by atoms with van der Waals surface area (Å²) >= 11 is 1.08. The lowest BCUT2D eigenvalue weighted by Gasteiger charge is -2.19. The van der Waals surface area contributed by atoms with E-state index in [-0.39, 0.29) is 24.5 Å². The van der Waals surface area contributed by atoms with Gasteiger partial charge < -0.3 is 24.5 Å². The topological polar surface area (TPSA) is 102 Å². The van der Waals surface area contributed by atoms with Gasteiger partial charge in [-0.25, -0.2) is 14.6 Å². The minimum Gasteiger partial charge on any atom is -0.477 e. The first kappa shape index (κ1) is 24.3. The van der Waals surface area contributed by atoms with Crippen LogP contribution >= 0.6 is 11.3 Å². The first-order valence-electron chi connectivity index (χ1n) is 9.13. The van der Waals surface area contributed by atoms with Crippen molar-refractivity contribution in [3.63, 3.8) is 0 Å². The number of carbonyl (C=O) groups is 2. The van der Waals surface area contributed by atoms with Gasteiger partial charge in [-0.3, -0.25) is 0 Å². The highest BCUT2D eigenvalue weighted by atomic mass is 32.1. The third-order valence-corrected chi connectivity index (χ3v) is 4.40. The van der Waals surface area contributed by atoms with E-state index in [4.69, 9.17) is 4.74 Å². The number of nitrogens with zero attached hydrogens (tertiary/aromatic N) is 2. The van der Waals surface area contributed by atoms with E-state index in [0.29, 0.717) is 16.9 Å². The number of carboxylic acids is 1. The van der Waals surface area contributed by atoms with Crippen LogP contribution in [-0.4, -0.2) is 40.2 Å². The highest BCUT2D eigenvalue weighted by Gasteiger charge is 2.30. The minimum atomic E-state index is -4.79. The van der Waals surface area contributed by atoms with Gasteiger partial charge in [0.15, 0.2) is 4.80 Å². The van der Waals surface area contributed by atoms with Crippen molar-refractivity contribution in [3.05, 3.63) is 40.1 Å². The molecule has 0 atom stereocenters. The molecule has 1 heterocycles. The molecule has 8 nitrogen and oxygen atoms in total. The van der Waals surface area contributed by atoms with E-state index in [1.807, 2.05) is 0 Å². The lowest BCUT2D eigenvalue weighted by Crippen LogP contribution is -2.33. The van der Waals surface area contributed by atoms with Crippen molar-refractivity contribution >= 4 is 29.1 Å². The Balaban J connectivity index is 2.11. The fraction of sp³-hybridized carbons (Fsp3) is 0.421. The lowest BCUT2D eigenvalue weighted by atomic mass is 10.2. The summed E-state index contributed by atoms with van der Waals surface area (Å²) in [4.78, 5) is 27.8. The molecule has 170 valence electrons. The van der Waals surface area contributed by atoms with Crippen LogP contribution in [0, 0.1) is 0 Å². The predicted molar refractivity (Wildman–Crippen MR) is 106 cm³/mol. The molecule has 0 saturated heterocycles. The molecule has 12 heteroatoms. The first-order valence-corrected chi connectivity index (χ1v) is 10.0. The van der Waals surface area contributed by atoms with E-state index >= 15 is 0 Å². The molecule has 0 radical (unpaired) electrons. The standard InChI is InChI=1S/C19H22F3N3O5S/c1-18(2,3)30-17(28)23-9-4-10-25-14(15(26)27)11-31-16(25)24-12-5-7-13(8-6-12)29-19(20,21)22/h5-8,11H,4,9-10H2,1-3H3,(H,23,28)(H,26,27). The normalized spacial score (nSPS) is 12.5. The highest BCUT2D eigenvalue weighted by Crippen LogP contribution is 2.24. The molecule has 1 aromatic heterocycles. The second-order valence-corrected chi connectivity index (χ2v) is 8.13. The molecular weight excluding hydrogens is 439 g/mol. The van der Waals surface area contributed by atoms with E-state index < -0.39 is 24.0 Å². The van der Waals surface area contributed by atoms with Crippen LogP contribution in [0.25, 0.3) is 0 Å². The van der Waals surface area contributed by atoms with Crippen molar-refractivity contribution in [2.45, 2.75) is 45.7 Å². The Hall–Kier alpha value is -3.02. The summed E-state index contributed by atoms with van der Waals surface area (Å²) in [5.41, 5.74) is -0.290. The van der Waals surface area contributed by atoms with E-state index in [9.17, 15) is 27.9 Å². The summed E-state index contributed by atoms with van der Waals surface area (Å²) in [6, 6.07) is 4.89. The average Bonchev–Trinajstić information content (AvgIpc) is 3.00. The molecule has 2 rings (SSSR count). The smallest absolute Gasteiger partial charge is 0.477 e. The number of aromatic nitrogens is 1. The zero-order chi connectivity index (χ0) is 23.2. The van der Waals surface area contributed by atoms with Gasteiger partial charge in [-0.1, -0.05) is 0 Å².